The lowest BCUT2D eigenvalue weighted by Gasteiger charge is -2.16. The lowest BCUT2D eigenvalue weighted by molar-refractivity contribution is -0.120. The van der Waals surface area contributed by atoms with Gasteiger partial charge in [-0.2, -0.15) is 0 Å². The Kier molecular flexibility index (Phi) is 6.52. The van der Waals surface area contributed by atoms with E-state index in [1.165, 1.54) is 18.2 Å². The molecule has 2 aromatic carbocycles. The summed E-state index contributed by atoms with van der Waals surface area (Å²) in [6.07, 6.45) is 0. The third kappa shape index (κ3) is 5.03. The molecule has 5 nitrogen and oxygen atoms in total. The second-order valence-electron chi connectivity index (χ2n) is 5.35. The monoisotopic (exact) mass is 408 g/mol. The fourth-order valence-electron chi connectivity index (χ4n) is 2.23. The number of hydrogen-bond donors (Lipinski definition) is 2. The summed E-state index contributed by atoms with van der Waals surface area (Å²) in [7, 11) is 1.57. The quantitative estimate of drug-likeness (QED) is 0.770. The van der Waals surface area contributed by atoms with Crippen molar-refractivity contribution in [3.05, 3.63) is 63.9 Å². The van der Waals surface area contributed by atoms with Crippen LogP contribution in [0.3, 0.4) is 0 Å². The van der Waals surface area contributed by atoms with E-state index in [2.05, 4.69) is 26.6 Å². The van der Waals surface area contributed by atoms with Crippen molar-refractivity contribution >= 4 is 27.7 Å². The molecule has 0 unspecified atom stereocenters. The Morgan fingerprint density at radius 3 is 2.60 bits per heavy atom. The van der Waals surface area contributed by atoms with E-state index in [1.807, 2.05) is 19.1 Å². The molecule has 0 spiro atoms. The Bertz CT molecular complexity index is 783. The van der Waals surface area contributed by atoms with Crippen molar-refractivity contribution in [3.63, 3.8) is 0 Å². The van der Waals surface area contributed by atoms with Crippen LogP contribution in [0, 0.1) is 5.82 Å². The second kappa shape index (κ2) is 8.62. The number of amides is 2. The second-order valence-corrected chi connectivity index (χ2v) is 6.20. The fourth-order valence-corrected chi connectivity index (χ4v) is 2.79. The molecule has 0 aromatic heterocycles. The van der Waals surface area contributed by atoms with Crippen LogP contribution in [0.1, 0.15) is 28.9 Å². The van der Waals surface area contributed by atoms with Gasteiger partial charge >= 0.3 is 0 Å². The van der Waals surface area contributed by atoms with Crippen LogP contribution in [0.2, 0.25) is 0 Å². The number of hydrogen-bond acceptors (Lipinski definition) is 3. The van der Waals surface area contributed by atoms with Crippen LogP contribution in [-0.2, 0) is 4.79 Å². The van der Waals surface area contributed by atoms with E-state index in [4.69, 9.17) is 4.74 Å². The molecule has 25 heavy (non-hydrogen) atoms. The van der Waals surface area contributed by atoms with E-state index in [0.717, 1.165) is 10.0 Å². The van der Waals surface area contributed by atoms with Crippen molar-refractivity contribution in [2.75, 3.05) is 13.7 Å². The maximum Gasteiger partial charge on any atom is 0.254 e. The Balaban J connectivity index is 1.90. The number of ether oxygens (including phenoxy) is 1. The minimum Gasteiger partial charge on any atom is -0.496 e. The van der Waals surface area contributed by atoms with Gasteiger partial charge in [-0.1, -0.05) is 18.2 Å². The van der Waals surface area contributed by atoms with Crippen molar-refractivity contribution in [3.8, 4) is 5.75 Å². The van der Waals surface area contributed by atoms with E-state index < -0.39 is 11.7 Å². The highest BCUT2D eigenvalue weighted by molar-refractivity contribution is 9.10. The van der Waals surface area contributed by atoms with Crippen LogP contribution in [0.15, 0.2) is 46.9 Å². The van der Waals surface area contributed by atoms with E-state index in [1.54, 1.807) is 19.2 Å². The van der Waals surface area contributed by atoms with Gasteiger partial charge in [0.2, 0.25) is 5.91 Å². The highest BCUT2D eigenvalue weighted by Gasteiger charge is 2.14. The first-order valence-corrected chi connectivity index (χ1v) is 8.37. The summed E-state index contributed by atoms with van der Waals surface area (Å²) in [6, 6.07) is 10.8. The van der Waals surface area contributed by atoms with Crippen LogP contribution < -0.4 is 15.4 Å². The third-order valence-electron chi connectivity index (χ3n) is 3.58. The maximum atomic E-state index is 13.5. The summed E-state index contributed by atoms with van der Waals surface area (Å²) in [5.74, 6) is -0.937. The summed E-state index contributed by atoms with van der Waals surface area (Å²) < 4.78 is 19.5. The molecule has 132 valence electrons. The van der Waals surface area contributed by atoms with Gasteiger partial charge in [-0.05, 0) is 52.7 Å². The molecule has 0 heterocycles. The van der Waals surface area contributed by atoms with E-state index in [-0.39, 0.29) is 24.1 Å². The smallest absolute Gasteiger partial charge is 0.254 e. The van der Waals surface area contributed by atoms with E-state index in [0.29, 0.717) is 5.75 Å². The van der Waals surface area contributed by atoms with Crippen molar-refractivity contribution < 1.29 is 18.7 Å². The van der Waals surface area contributed by atoms with Crippen molar-refractivity contribution in [2.24, 2.45) is 0 Å². The largest absolute Gasteiger partial charge is 0.496 e. The highest BCUT2D eigenvalue weighted by Crippen LogP contribution is 2.27. The predicted molar refractivity (Wildman–Crippen MR) is 96.0 cm³/mol. The number of nitrogens with one attached hydrogen (secondary N) is 2. The molecule has 2 amide bonds. The van der Waals surface area contributed by atoms with Gasteiger partial charge in [0.1, 0.15) is 11.6 Å². The first-order valence-electron chi connectivity index (χ1n) is 7.58. The van der Waals surface area contributed by atoms with Crippen LogP contribution in [0.5, 0.6) is 5.75 Å². The maximum absolute atomic E-state index is 13.5. The first-order chi connectivity index (χ1) is 11.9. The number of halogens is 2. The molecule has 0 radical (unpaired) electrons. The van der Waals surface area contributed by atoms with E-state index in [9.17, 15) is 14.0 Å². The van der Waals surface area contributed by atoms with Crippen LogP contribution >= 0.6 is 15.9 Å². The minimum atomic E-state index is -0.631. The first kappa shape index (κ1) is 18.9. The molecule has 2 aromatic rings. The van der Waals surface area contributed by atoms with Gasteiger partial charge in [-0.15, -0.1) is 0 Å². The van der Waals surface area contributed by atoms with Crippen molar-refractivity contribution in [1.29, 1.82) is 0 Å². The molecule has 0 aliphatic carbocycles. The normalized spacial score (nSPS) is 11.5. The molecular formula is C18H18BrFN2O3. The molecule has 0 bridgehead atoms. The summed E-state index contributed by atoms with van der Waals surface area (Å²) in [5.41, 5.74) is 0.781. The molecule has 0 aliphatic rings. The van der Waals surface area contributed by atoms with E-state index >= 15 is 0 Å². The molecule has 0 saturated carbocycles. The predicted octanol–water partition coefficient (Wildman–Crippen LogP) is 3.20. The number of carbonyl (C=O) groups is 2. The van der Waals surface area contributed by atoms with Gasteiger partial charge < -0.3 is 15.4 Å². The van der Waals surface area contributed by atoms with Crippen molar-refractivity contribution in [1.82, 2.24) is 10.6 Å². The number of rotatable bonds is 6. The Morgan fingerprint density at radius 2 is 1.96 bits per heavy atom. The van der Waals surface area contributed by atoms with Gasteiger partial charge in [0, 0.05) is 0 Å². The topological polar surface area (TPSA) is 67.4 Å². The standard InChI is InChI=1S/C18H18BrFN2O3/c1-11(12-7-8-16(25-2)14(19)9-12)22-17(23)10-21-18(24)13-5-3-4-6-15(13)20/h3-9,11H,10H2,1-2H3,(H,21,24)(H,22,23)/t11-/m1/s1. The zero-order chi connectivity index (χ0) is 18.4. The lowest BCUT2D eigenvalue weighted by Crippen LogP contribution is -2.38. The van der Waals surface area contributed by atoms with Gasteiger partial charge in [-0.25, -0.2) is 4.39 Å². The number of benzene rings is 2. The zero-order valence-corrected chi connectivity index (χ0v) is 15.4. The Hall–Kier alpha value is -2.41. The fraction of sp³-hybridized carbons (Fsp3) is 0.222. The molecule has 0 saturated heterocycles. The molecule has 7 heteroatoms. The highest BCUT2D eigenvalue weighted by atomic mass is 79.9. The third-order valence-corrected chi connectivity index (χ3v) is 4.20. The molecular weight excluding hydrogens is 391 g/mol. The molecule has 2 rings (SSSR count). The van der Waals surface area contributed by atoms with Crippen LogP contribution in [-0.4, -0.2) is 25.5 Å². The van der Waals surface area contributed by atoms with Crippen LogP contribution in [0.4, 0.5) is 4.39 Å². The molecule has 2 N–H and O–H groups in total. The molecule has 1 atom stereocenters. The summed E-state index contributed by atoms with van der Waals surface area (Å²) in [4.78, 5) is 23.9. The Morgan fingerprint density at radius 1 is 1.24 bits per heavy atom. The summed E-state index contributed by atoms with van der Waals surface area (Å²) >= 11 is 3.39. The average molecular weight is 409 g/mol. The molecule has 0 fully saturated rings. The van der Waals surface area contributed by atoms with Gasteiger partial charge in [-0.3, -0.25) is 9.59 Å². The number of methoxy groups -OCH3 is 1. The SMILES string of the molecule is COc1ccc([C@@H](C)NC(=O)CNC(=O)c2ccccc2F)cc1Br. The van der Waals surface area contributed by atoms with Gasteiger partial charge in [0.15, 0.2) is 0 Å². The van der Waals surface area contributed by atoms with Crippen LogP contribution in [0.25, 0.3) is 0 Å². The zero-order valence-electron chi connectivity index (χ0n) is 13.8. The lowest BCUT2D eigenvalue weighted by atomic mass is 10.1. The average Bonchev–Trinajstić information content (AvgIpc) is 2.60. The van der Waals surface area contributed by atoms with Crippen molar-refractivity contribution in [2.45, 2.75) is 13.0 Å². The Labute approximate surface area is 153 Å². The number of carbonyl (C=O) groups excluding carboxylic acids is 2. The molecule has 0 aliphatic heterocycles. The van der Waals surface area contributed by atoms with Gasteiger partial charge in [0.25, 0.3) is 5.91 Å². The van der Waals surface area contributed by atoms with Gasteiger partial charge in [0.05, 0.1) is 29.7 Å². The summed E-state index contributed by atoms with van der Waals surface area (Å²) in [5, 5.41) is 5.18. The summed E-state index contributed by atoms with van der Waals surface area (Å²) in [6.45, 7) is 1.58. The minimum absolute atomic E-state index is 0.0950.